The minimum Gasteiger partial charge on any atom is -0.207 e. The molecular weight excluding hydrogens is 362 g/mol. The van der Waals surface area contributed by atoms with Crippen LogP contribution in [0, 0.1) is 17.6 Å². The van der Waals surface area contributed by atoms with E-state index in [1.165, 1.54) is 56.2 Å². The minimum atomic E-state index is -0.401. The highest BCUT2D eigenvalue weighted by molar-refractivity contribution is 5.32. The number of rotatable bonds is 8. The molecule has 1 atom stereocenters. The first-order valence-electron chi connectivity index (χ1n) is 11.6. The second kappa shape index (κ2) is 10.4. The third-order valence-electron chi connectivity index (χ3n) is 6.71. The van der Waals surface area contributed by atoms with Gasteiger partial charge in [0, 0.05) is 5.56 Å². The zero-order chi connectivity index (χ0) is 20.8. The van der Waals surface area contributed by atoms with Gasteiger partial charge in [-0.3, -0.25) is 0 Å². The normalized spacial score (nSPS) is 20.6. The summed E-state index contributed by atoms with van der Waals surface area (Å²) in [6.07, 6.45) is 10.2. The molecule has 3 rings (SSSR count). The van der Waals surface area contributed by atoms with Gasteiger partial charge in [-0.1, -0.05) is 64.3 Å². The van der Waals surface area contributed by atoms with E-state index in [-0.39, 0.29) is 11.5 Å². The molecule has 2 aromatic carbocycles. The van der Waals surface area contributed by atoms with Gasteiger partial charge in [0.05, 0.1) is 0 Å². The van der Waals surface area contributed by atoms with Gasteiger partial charge in [0.25, 0.3) is 0 Å². The van der Waals surface area contributed by atoms with Gasteiger partial charge in [0.15, 0.2) is 0 Å². The van der Waals surface area contributed by atoms with Gasteiger partial charge in [-0.05, 0) is 85.1 Å². The number of benzene rings is 2. The Balaban J connectivity index is 1.63. The predicted octanol–water partition coefficient (Wildman–Crippen LogP) is 8.34. The van der Waals surface area contributed by atoms with Crippen LogP contribution in [0.1, 0.15) is 99.8 Å². The summed E-state index contributed by atoms with van der Waals surface area (Å²) in [5.74, 6) is 0.615. The smallest absolute Gasteiger partial charge is 0.129 e. The number of aryl methyl sites for hydroxylation is 1. The second-order valence-corrected chi connectivity index (χ2v) is 9.08. The lowest BCUT2D eigenvalue weighted by Crippen LogP contribution is -2.13. The molecule has 1 saturated carbocycles. The lowest BCUT2D eigenvalue weighted by atomic mass is 9.77. The maximum Gasteiger partial charge on any atom is 0.129 e. The highest BCUT2D eigenvalue weighted by Crippen LogP contribution is 2.37. The van der Waals surface area contributed by atoms with Crippen molar-refractivity contribution in [2.45, 2.75) is 90.4 Å². The lowest BCUT2D eigenvalue weighted by molar-refractivity contribution is 0.308. The van der Waals surface area contributed by atoms with Gasteiger partial charge in [-0.25, -0.2) is 8.78 Å². The Hall–Kier alpha value is -1.70. The molecule has 29 heavy (non-hydrogen) atoms. The van der Waals surface area contributed by atoms with E-state index >= 15 is 0 Å². The molecule has 0 amide bonds. The summed E-state index contributed by atoms with van der Waals surface area (Å²) >= 11 is 0. The summed E-state index contributed by atoms with van der Waals surface area (Å²) in [5, 5.41) is 0. The molecule has 0 aromatic heterocycles. The zero-order valence-electron chi connectivity index (χ0n) is 18.3. The minimum absolute atomic E-state index is 0.180. The molecule has 0 aliphatic heterocycles. The molecule has 0 saturated heterocycles. The fraction of sp³-hybridized carbons (Fsp3) is 0.556. The van der Waals surface area contributed by atoms with Crippen molar-refractivity contribution in [3.8, 4) is 0 Å². The predicted molar refractivity (Wildman–Crippen MR) is 119 cm³/mol. The first-order chi connectivity index (χ1) is 14.0. The van der Waals surface area contributed by atoms with Crippen LogP contribution in [0.5, 0.6) is 0 Å². The lowest BCUT2D eigenvalue weighted by Gasteiger charge is -2.28. The Morgan fingerprint density at radius 1 is 0.862 bits per heavy atom. The first-order valence-corrected chi connectivity index (χ1v) is 11.6. The Kier molecular flexibility index (Phi) is 7.86. The van der Waals surface area contributed by atoms with E-state index in [4.69, 9.17) is 0 Å². The Bertz CT molecular complexity index is 747. The molecule has 1 aliphatic carbocycles. The van der Waals surface area contributed by atoms with Crippen LogP contribution < -0.4 is 0 Å². The summed E-state index contributed by atoms with van der Waals surface area (Å²) in [4.78, 5) is 0. The van der Waals surface area contributed by atoms with Crippen LogP contribution in [-0.4, -0.2) is 0 Å². The molecule has 1 aliphatic rings. The molecule has 2 heteroatoms. The monoisotopic (exact) mass is 398 g/mol. The van der Waals surface area contributed by atoms with Gasteiger partial charge in [-0.15, -0.1) is 0 Å². The maximum atomic E-state index is 14.5. The van der Waals surface area contributed by atoms with E-state index < -0.39 is 11.6 Å². The Morgan fingerprint density at radius 2 is 1.48 bits per heavy atom. The highest BCUT2D eigenvalue weighted by Gasteiger charge is 2.22. The molecule has 2 aromatic rings. The fourth-order valence-electron chi connectivity index (χ4n) is 5.11. The summed E-state index contributed by atoms with van der Waals surface area (Å²) in [7, 11) is 0. The van der Waals surface area contributed by atoms with Crippen molar-refractivity contribution in [2.24, 2.45) is 5.92 Å². The van der Waals surface area contributed by atoms with E-state index in [0.29, 0.717) is 18.8 Å². The van der Waals surface area contributed by atoms with Crippen LogP contribution in [0.4, 0.5) is 8.78 Å². The van der Waals surface area contributed by atoms with Crippen molar-refractivity contribution in [3.63, 3.8) is 0 Å². The van der Waals surface area contributed by atoms with Crippen LogP contribution in [0.2, 0.25) is 0 Å². The van der Waals surface area contributed by atoms with Crippen LogP contribution in [0.25, 0.3) is 0 Å². The van der Waals surface area contributed by atoms with E-state index in [1.54, 1.807) is 0 Å². The maximum absolute atomic E-state index is 14.5. The molecular formula is C27H36F2. The van der Waals surface area contributed by atoms with Crippen molar-refractivity contribution in [2.75, 3.05) is 0 Å². The van der Waals surface area contributed by atoms with Crippen LogP contribution in [0.3, 0.4) is 0 Å². The first kappa shape index (κ1) is 22.0. The van der Waals surface area contributed by atoms with Crippen molar-refractivity contribution in [1.29, 1.82) is 0 Å². The molecule has 0 N–H and O–H groups in total. The zero-order valence-corrected chi connectivity index (χ0v) is 18.3. The van der Waals surface area contributed by atoms with Crippen LogP contribution >= 0.6 is 0 Å². The van der Waals surface area contributed by atoms with Gasteiger partial charge < -0.3 is 0 Å². The van der Waals surface area contributed by atoms with Gasteiger partial charge in [0.2, 0.25) is 0 Å². The van der Waals surface area contributed by atoms with Gasteiger partial charge in [-0.2, -0.15) is 0 Å². The van der Waals surface area contributed by atoms with Crippen molar-refractivity contribution >= 4 is 0 Å². The number of hydrogen-bond donors (Lipinski definition) is 0. The molecule has 0 bridgehead atoms. The quantitative estimate of drug-likeness (QED) is 0.419. The Labute approximate surface area is 175 Å². The molecule has 0 nitrogen and oxygen atoms in total. The summed E-state index contributed by atoms with van der Waals surface area (Å²) in [6.45, 7) is 6.22. The standard InChI is InChI=1S/C27H36F2/c1-4-6-20-8-12-23(13-9-20)24-14-10-21(11-15-24)16-19(3)27-25(28)17-22(7-5-2)18-26(27)29/h10-11,14-15,17-20,23H,4-9,12-13,16H2,1-3H3/t19-,20?,23?/m1/s1. The molecule has 0 heterocycles. The third-order valence-corrected chi connectivity index (χ3v) is 6.71. The third kappa shape index (κ3) is 5.68. The summed E-state index contributed by atoms with van der Waals surface area (Å²) in [6, 6.07) is 11.8. The topological polar surface area (TPSA) is 0 Å². The van der Waals surface area contributed by atoms with Crippen molar-refractivity contribution < 1.29 is 8.78 Å². The van der Waals surface area contributed by atoms with Crippen molar-refractivity contribution in [3.05, 3.63) is 70.3 Å². The van der Waals surface area contributed by atoms with E-state index in [9.17, 15) is 8.78 Å². The average molecular weight is 399 g/mol. The van der Waals surface area contributed by atoms with E-state index in [1.807, 2.05) is 13.8 Å². The van der Waals surface area contributed by atoms with Gasteiger partial charge in [0.1, 0.15) is 11.6 Å². The summed E-state index contributed by atoms with van der Waals surface area (Å²) in [5.41, 5.74) is 3.55. The van der Waals surface area contributed by atoms with Crippen molar-refractivity contribution in [1.82, 2.24) is 0 Å². The van der Waals surface area contributed by atoms with Crippen LogP contribution in [-0.2, 0) is 12.8 Å². The number of hydrogen-bond acceptors (Lipinski definition) is 0. The summed E-state index contributed by atoms with van der Waals surface area (Å²) < 4.78 is 29.1. The molecule has 1 fully saturated rings. The number of halogens is 2. The molecule has 158 valence electrons. The second-order valence-electron chi connectivity index (χ2n) is 9.08. The van der Waals surface area contributed by atoms with E-state index in [0.717, 1.165) is 23.5 Å². The highest BCUT2D eigenvalue weighted by atomic mass is 19.1. The van der Waals surface area contributed by atoms with E-state index in [2.05, 4.69) is 31.2 Å². The van der Waals surface area contributed by atoms with Gasteiger partial charge >= 0.3 is 0 Å². The molecule has 0 radical (unpaired) electrons. The molecule has 0 spiro atoms. The fourth-order valence-corrected chi connectivity index (χ4v) is 5.11. The Morgan fingerprint density at radius 3 is 2.03 bits per heavy atom. The average Bonchev–Trinajstić information content (AvgIpc) is 2.69. The SMILES string of the molecule is CCCc1cc(F)c([C@H](C)Cc2ccc(C3CCC(CCC)CC3)cc2)c(F)c1. The largest absolute Gasteiger partial charge is 0.207 e. The van der Waals surface area contributed by atoms with Crippen LogP contribution in [0.15, 0.2) is 36.4 Å². The molecule has 0 unspecified atom stereocenters.